The van der Waals surface area contributed by atoms with Gasteiger partial charge in [-0.2, -0.15) is 0 Å². The van der Waals surface area contributed by atoms with Crippen LogP contribution in [0.5, 0.6) is 11.5 Å². The molecule has 0 bridgehead atoms. The average Bonchev–Trinajstić information content (AvgIpc) is 2.85. The molecule has 0 saturated heterocycles. The molecule has 176 valence electrons. The van der Waals surface area contributed by atoms with E-state index in [0.717, 1.165) is 16.7 Å². The summed E-state index contributed by atoms with van der Waals surface area (Å²) in [5.41, 5.74) is 3.35. The highest BCUT2D eigenvalue weighted by molar-refractivity contribution is 5.90. The van der Waals surface area contributed by atoms with Crippen LogP contribution < -0.4 is 9.47 Å². The fourth-order valence-electron chi connectivity index (χ4n) is 2.86. The van der Waals surface area contributed by atoms with Crippen molar-refractivity contribution in [3.8, 4) is 34.5 Å². The highest BCUT2D eigenvalue weighted by Gasteiger charge is 2.12. The molecule has 0 spiro atoms. The standard InChI is InChI=1S/C29H23FO5/c1-19(2)28(31)35-27-16-13-24(17-26(27)30)23-11-7-21(8-12-23)5-6-22-9-14-25(15-10-22)34-29(32)20(3)18-33-4/h7-17H,1,3,18H2,2,4H3. The predicted molar refractivity (Wildman–Crippen MR) is 131 cm³/mol. The summed E-state index contributed by atoms with van der Waals surface area (Å²) < 4.78 is 29.4. The monoisotopic (exact) mass is 470 g/mol. The molecule has 0 saturated carbocycles. The molecule has 0 aliphatic rings. The Bertz CT molecular complexity index is 1330. The van der Waals surface area contributed by atoms with Gasteiger partial charge in [-0.1, -0.05) is 43.2 Å². The molecule has 3 rings (SSSR count). The van der Waals surface area contributed by atoms with Crippen molar-refractivity contribution in [1.82, 2.24) is 0 Å². The number of ether oxygens (including phenoxy) is 3. The molecule has 35 heavy (non-hydrogen) atoms. The van der Waals surface area contributed by atoms with Gasteiger partial charge in [0.2, 0.25) is 0 Å². The molecule has 0 heterocycles. The maximum absolute atomic E-state index is 14.4. The van der Waals surface area contributed by atoms with Crippen molar-refractivity contribution in [3.05, 3.63) is 108 Å². The van der Waals surface area contributed by atoms with Crippen LogP contribution in [0.4, 0.5) is 4.39 Å². The fraction of sp³-hybridized carbons (Fsp3) is 0.103. The van der Waals surface area contributed by atoms with Gasteiger partial charge in [-0.3, -0.25) is 0 Å². The van der Waals surface area contributed by atoms with E-state index >= 15 is 0 Å². The van der Waals surface area contributed by atoms with Crippen LogP contribution >= 0.6 is 0 Å². The zero-order valence-corrected chi connectivity index (χ0v) is 19.4. The summed E-state index contributed by atoms with van der Waals surface area (Å²) in [4.78, 5) is 23.5. The van der Waals surface area contributed by atoms with E-state index in [0.29, 0.717) is 11.3 Å². The summed E-state index contributed by atoms with van der Waals surface area (Å²) in [6.45, 7) is 8.69. The van der Waals surface area contributed by atoms with Gasteiger partial charge in [0.15, 0.2) is 11.6 Å². The molecule has 0 aliphatic heterocycles. The van der Waals surface area contributed by atoms with Gasteiger partial charge in [-0.25, -0.2) is 14.0 Å². The minimum atomic E-state index is -0.678. The lowest BCUT2D eigenvalue weighted by Crippen LogP contribution is -2.13. The summed E-state index contributed by atoms with van der Waals surface area (Å²) in [6, 6.07) is 18.5. The van der Waals surface area contributed by atoms with Gasteiger partial charge < -0.3 is 14.2 Å². The summed E-state index contributed by atoms with van der Waals surface area (Å²) in [5.74, 6) is 4.47. The summed E-state index contributed by atoms with van der Waals surface area (Å²) in [6.07, 6.45) is 0. The second-order valence-electron chi connectivity index (χ2n) is 7.59. The molecule has 0 unspecified atom stereocenters. The Hall–Kier alpha value is -4.47. The van der Waals surface area contributed by atoms with Gasteiger partial charge in [0, 0.05) is 23.8 Å². The van der Waals surface area contributed by atoms with Crippen LogP contribution in [0, 0.1) is 17.7 Å². The number of hydrogen-bond acceptors (Lipinski definition) is 5. The van der Waals surface area contributed by atoms with Gasteiger partial charge in [0.25, 0.3) is 0 Å². The Morgan fingerprint density at radius 2 is 1.40 bits per heavy atom. The van der Waals surface area contributed by atoms with E-state index in [-0.39, 0.29) is 23.5 Å². The number of halogens is 1. The van der Waals surface area contributed by atoms with Gasteiger partial charge in [-0.05, 0) is 66.6 Å². The number of benzene rings is 3. The molecule has 0 radical (unpaired) electrons. The van der Waals surface area contributed by atoms with Crippen LogP contribution in [0.3, 0.4) is 0 Å². The Morgan fingerprint density at radius 3 is 1.94 bits per heavy atom. The number of esters is 2. The van der Waals surface area contributed by atoms with E-state index in [2.05, 4.69) is 25.0 Å². The van der Waals surface area contributed by atoms with E-state index in [9.17, 15) is 14.0 Å². The molecule has 0 aromatic heterocycles. The second kappa shape index (κ2) is 11.6. The van der Waals surface area contributed by atoms with Crippen molar-refractivity contribution in [1.29, 1.82) is 0 Å². The van der Waals surface area contributed by atoms with Crippen LogP contribution in [0.1, 0.15) is 18.1 Å². The van der Waals surface area contributed by atoms with Crippen LogP contribution in [-0.2, 0) is 14.3 Å². The largest absolute Gasteiger partial charge is 0.423 e. The van der Waals surface area contributed by atoms with Crippen molar-refractivity contribution in [2.75, 3.05) is 13.7 Å². The number of rotatable bonds is 7. The predicted octanol–water partition coefficient (Wildman–Crippen LogP) is 5.48. The van der Waals surface area contributed by atoms with Crippen LogP contribution in [-0.4, -0.2) is 25.7 Å². The quantitative estimate of drug-likeness (QED) is 0.198. The molecule has 3 aromatic carbocycles. The first-order valence-electron chi connectivity index (χ1n) is 10.6. The lowest BCUT2D eigenvalue weighted by Gasteiger charge is -2.07. The van der Waals surface area contributed by atoms with E-state index < -0.39 is 17.8 Å². The average molecular weight is 470 g/mol. The van der Waals surface area contributed by atoms with E-state index in [1.165, 1.54) is 26.2 Å². The summed E-state index contributed by atoms with van der Waals surface area (Å²) >= 11 is 0. The van der Waals surface area contributed by atoms with Crippen molar-refractivity contribution >= 4 is 11.9 Å². The Balaban J connectivity index is 1.65. The molecule has 0 fully saturated rings. The molecular formula is C29H23FO5. The third kappa shape index (κ3) is 7.00. The van der Waals surface area contributed by atoms with Crippen molar-refractivity contribution in [2.45, 2.75) is 6.92 Å². The van der Waals surface area contributed by atoms with Crippen LogP contribution in [0.2, 0.25) is 0 Å². The smallest absolute Gasteiger partial charge is 0.341 e. The molecular weight excluding hydrogens is 447 g/mol. The minimum Gasteiger partial charge on any atom is -0.423 e. The summed E-state index contributed by atoms with van der Waals surface area (Å²) in [7, 11) is 1.47. The Kier molecular flexibility index (Phi) is 8.33. The first kappa shape index (κ1) is 25.2. The van der Waals surface area contributed by atoms with Gasteiger partial charge >= 0.3 is 11.9 Å². The third-order valence-corrected chi connectivity index (χ3v) is 4.72. The third-order valence-electron chi connectivity index (χ3n) is 4.72. The topological polar surface area (TPSA) is 61.8 Å². The summed E-state index contributed by atoms with van der Waals surface area (Å²) in [5, 5.41) is 0. The number of hydrogen-bond donors (Lipinski definition) is 0. The van der Waals surface area contributed by atoms with Crippen molar-refractivity contribution < 1.29 is 28.2 Å². The normalized spacial score (nSPS) is 10.0. The highest BCUT2D eigenvalue weighted by Crippen LogP contribution is 2.26. The second-order valence-corrected chi connectivity index (χ2v) is 7.59. The zero-order valence-electron chi connectivity index (χ0n) is 19.4. The molecule has 0 amide bonds. The van der Waals surface area contributed by atoms with Gasteiger partial charge in [0.1, 0.15) is 5.75 Å². The lowest BCUT2D eigenvalue weighted by atomic mass is 10.0. The minimum absolute atomic E-state index is 0.103. The molecule has 0 aliphatic carbocycles. The van der Waals surface area contributed by atoms with E-state index in [4.69, 9.17) is 14.2 Å². The maximum Gasteiger partial charge on any atom is 0.341 e. The molecule has 0 N–H and O–H groups in total. The SMILES string of the molecule is C=C(C)C(=O)Oc1ccc(-c2ccc(C#Cc3ccc(OC(=O)C(=C)COC)cc3)cc2)cc1F. The molecule has 3 aromatic rings. The lowest BCUT2D eigenvalue weighted by molar-refractivity contribution is -0.131. The van der Waals surface area contributed by atoms with Crippen molar-refractivity contribution in [2.24, 2.45) is 0 Å². The molecule has 5 nitrogen and oxygen atoms in total. The molecule has 0 atom stereocenters. The maximum atomic E-state index is 14.4. The van der Waals surface area contributed by atoms with E-state index in [1.54, 1.807) is 30.3 Å². The molecule has 6 heteroatoms. The Labute approximate surface area is 203 Å². The number of carbonyl (C=O) groups is 2. The van der Waals surface area contributed by atoms with Crippen LogP contribution in [0.25, 0.3) is 11.1 Å². The number of methoxy groups -OCH3 is 1. The van der Waals surface area contributed by atoms with Gasteiger partial charge in [-0.15, -0.1) is 0 Å². The first-order chi connectivity index (χ1) is 16.8. The van der Waals surface area contributed by atoms with Gasteiger partial charge in [0.05, 0.1) is 12.2 Å². The zero-order chi connectivity index (χ0) is 25.4. The first-order valence-corrected chi connectivity index (χ1v) is 10.6. The Morgan fingerprint density at radius 1 is 0.829 bits per heavy atom. The highest BCUT2D eigenvalue weighted by atomic mass is 19.1. The van der Waals surface area contributed by atoms with Crippen LogP contribution in [0.15, 0.2) is 91.0 Å². The van der Waals surface area contributed by atoms with E-state index in [1.807, 2.05) is 24.3 Å². The fourth-order valence-corrected chi connectivity index (χ4v) is 2.86. The number of carbonyl (C=O) groups excluding carboxylic acids is 2. The van der Waals surface area contributed by atoms with Crippen molar-refractivity contribution in [3.63, 3.8) is 0 Å².